The van der Waals surface area contributed by atoms with E-state index in [9.17, 15) is 9.59 Å². The minimum Gasteiger partial charge on any atom is -0.443 e. The van der Waals surface area contributed by atoms with Crippen LogP contribution in [0.25, 0.3) is 0 Å². The third-order valence-electron chi connectivity index (χ3n) is 3.50. The molecule has 2 rings (SSSR count). The van der Waals surface area contributed by atoms with Crippen molar-refractivity contribution in [3.05, 3.63) is 0 Å². The maximum Gasteiger partial charge on any atom is 0.417 e. The zero-order chi connectivity index (χ0) is 12.6. The highest BCUT2D eigenvalue weighted by Crippen LogP contribution is 2.37. The number of nitrogens with zero attached hydrogens (tertiary/aromatic N) is 1. The van der Waals surface area contributed by atoms with Crippen molar-refractivity contribution in [2.45, 2.75) is 64.5 Å². The molecule has 2 aliphatic rings. The molecule has 0 bridgehead atoms. The number of carbonyl (C=O) groups is 2. The Morgan fingerprint density at radius 1 is 1.29 bits per heavy atom. The number of ether oxygens (including phenoxy) is 1. The highest BCUT2D eigenvalue weighted by atomic mass is 16.6. The average Bonchev–Trinajstić information content (AvgIpc) is 2.50. The molecule has 0 aromatic heterocycles. The monoisotopic (exact) mass is 239 g/mol. The molecule has 2 atom stereocenters. The normalized spacial score (nSPS) is 29.1. The summed E-state index contributed by atoms with van der Waals surface area (Å²) < 4.78 is 5.31. The molecule has 17 heavy (non-hydrogen) atoms. The lowest BCUT2D eigenvalue weighted by atomic mass is 9.85. The smallest absolute Gasteiger partial charge is 0.417 e. The van der Waals surface area contributed by atoms with Crippen molar-refractivity contribution in [2.75, 3.05) is 0 Å². The summed E-state index contributed by atoms with van der Waals surface area (Å²) in [5.74, 6) is 0.305. The quantitative estimate of drug-likeness (QED) is 0.653. The van der Waals surface area contributed by atoms with Crippen LogP contribution in [0.5, 0.6) is 0 Å². The van der Waals surface area contributed by atoms with Crippen LogP contribution in [0.2, 0.25) is 0 Å². The molecule has 1 saturated heterocycles. The number of amides is 2. The van der Waals surface area contributed by atoms with Gasteiger partial charge in [-0.05, 0) is 39.5 Å². The second-order valence-corrected chi connectivity index (χ2v) is 6.06. The first-order valence-corrected chi connectivity index (χ1v) is 6.43. The molecule has 4 heteroatoms. The molecule has 4 nitrogen and oxygen atoms in total. The molecule has 2 fully saturated rings. The van der Waals surface area contributed by atoms with E-state index in [1.54, 1.807) is 0 Å². The van der Waals surface area contributed by atoms with Gasteiger partial charge in [-0.2, -0.15) is 0 Å². The zero-order valence-corrected chi connectivity index (χ0v) is 10.9. The number of rotatable bonds is 0. The lowest BCUT2D eigenvalue weighted by Crippen LogP contribution is -2.44. The van der Waals surface area contributed by atoms with Crippen molar-refractivity contribution in [1.82, 2.24) is 4.90 Å². The zero-order valence-electron chi connectivity index (χ0n) is 10.9. The Kier molecular flexibility index (Phi) is 3.15. The molecule has 1 heterocycles. The van der Waals surface area contributed by atoms with E-state index in [0.717, 1.165) is 19.3 Å². The van der Waals surface area contributed by atoms with Crippen LogP contribution in [0, 0.1) is 5.92 Å². The molecule has 0 unspecified atom stereocenters. The SMILES string of the molecule is CC(C)(C)OC(=O)N1C(=O)C[C@@H]2CCCC[C@@H]21. The third kappa shape index (κ3) is 2.61. The van der Waals surface area contributed by atoms with Crippen LogP contribution in [0.3, 0.4) is 0 Å². The van der Waals surface area contributed by atoms with E-state index in [1.807, 2.05) is 20.8 Å². The van der Waals surface area contributed by atoms with Crippen molar-refractivity contribution in [1.29, 1.82) is 0 Å². The predicted octanol–water partition coefficient (Wildman–Crippen LogP) is 2.71. The number of hydrogen-bond acceptors (Lipinski definition) is 3. The fourth-order valence-electron chi connectivity index (χ4n) is 2.82. The van der Waals surface area contributed by atoms with Crippen molar-refractivity contribution in [3.63, 3.8) is 0 Å². The van der Waals surface area contributed by atoms with Gasteiger partial charge in [-0.1, -0.05) is 12.8 Å². The maximum atomic E-state index is 12.0. The second kappa shape index (κ2) is 4.31. The highest BCUT2D eigenvalue weighted by Gasteiger charge is 2.45. The molecule has 0 N–H and O–H groups in total. The van der Waals surface area contributed by atoms with E-state index in [2.05, 4.69) is 0 Å². The Balaban J connectivity index is 2.09. The van der Waals surface area contributed by atoms with E-state index < -0.39 is 11.7 Å². The number of fused-ring (bicyclic) bond motifs is 1. The lowest BCUT2D eigenvalue weighted by Gasteiger charge is -2.31. The van der Waals surface area contributed by atoms with E-state index >= 15 is 0 Å². The largest absolute Gasteiger partial charge is 0.443 e. The van der Waals surface area contributed by atoms with Gasteiger partial charge in [0.05, 0.1) is 0 Å². The van der Waals surface area contributed by atoms with Crippen LogP contribution in [0.4, 0.5) is 4.79 Å². The molecule has 2 amide bonds. The molecule has 0 aromatic rings. The molecule has 1 aliphatic carbocycles. The predicted molar refractivity (Wildman–Crippen MR) is 63.4 cm³/mol. The van der Waals surface area contributed by atoms with E-state index in [4.69, 9.17) is 4.74 Å². The van der Waals surface area contributed by atoms with Crippen molar-refractivity contribution < 1.29 is 14.3 Å². The Bertz CT molecular complexity index is 332. The molecule has 0 aromatic carbocycles. The van der Waals surface area contributed by atoms with Gasteiger partial charge in [0.15, 0.2) is 0 Å². The van der Waals surface area contributed by atoms with Gasteiger partial charge in [0.2, 0.25) is 5.91 Å². The van der Waals surface area contributed by atoms with E-state index in [1.165, 1.54) is 11.3 Å². The fraction of sp³-hybridized carbons (Fsp3) is 0.846. The van der Waals surface area contributed by atoms with Crippen LogP contribution in [-0.2, 0) is 9.53 Å². The molecular weight excluding hydrogens is 218 g/mol. The maximum absolute atomic E-state index is 12.0. The van der Waals surface area contributed by atoms with Gasteiger partial charge < -0.3 is 4.74 Å². The molecule has 1 saturated carbocycles. The number of imide groups is 1. The van der Waals surface area contributed by atoms with E-state index in [0.29, 0.717) is 12.3 Å². The van der Waals surface area contributed by atoms with Gasteiger partial charge >= 0.3 is 6.09 Å². The molecule has 96 valence electrons. The average molecular weight is 239 g/mol. The number of carbonyl (C=O) groups excluding carboxylic acids is 2. The molecular formula is C13H21NO3. The summed E-state index contributed by atoms with van der Waals surface area (Å²) in [7, 11) is 0. The Labute approximate surface area is 102 Å². The van der Waals surface area contributed by atoms with Crippen LogP contribution in [-0.4, -0.2) is 28.5 Å². The topological polar surface area (TPSA) is 46.6 Å². The summed E-state index contributed by atoms with van der Waals surface area (Å²) in [4.78, 5) is 25.3. The second-order valence-electron chi connectivity index (χ2n) is 6.06. The Morgan fingerprint density at radius 2 is 1.94 bits per heavy atom. The fourth-order valence-corrected chi connectivity index (χ4v) is 2.82. The first-order chi connectivity index (χ1) is 7.88. The number of likely N-dealkylation sites (tertiary alicyclic amines) is 1. The third-order valence-corrected chi connectivity index (χ3v) is 3.50. The van der Waals surface area contributed by atoms with Crippen LogP contribution < -0.4 is 0 Å². The minimum atomic E-state index is -0.538. The van der Waals surface area contributed by atoms with Gasteiger partial charge in [-0.15, -0.1) is 0 Å². The minimum absolute atomic E-state index is 0.0591. The van der Waals surface area contributed by atoms with Crippen molar-refractivity contribution >= 4 is 12.0 Å². The Morgan fingerprint density at radius 3 is 2.59 bits per heavy atom. The molecule has 0 radical (unpaired) electrons. The van der Waals surface area contributed by atoms with Gasteiger partial charge in [0.1, 0.15) is 5.60 Å². The summed E-state index contributed by atoms with van der Waals surface area (Å²) in [6.07, 6.45) is 4.34. The van der Waals surface area contributed by atoms with Crippen LogP contribution in [0.1, 0.15) is 52.9 Å². The first-order valence-electron chi connectivity index (χ1n) is 6.43. The summed E-state index contributed by atoms with van der Waals surface area (Å²) in [5, 5.41) is 0. The highest BCUT2D eigenvalue weighted by molar-refractivity contribution is 5.94. The summed E-state index contributed by atoms with van der Waals surface area (Å²) in [6.45, 7) is 5.47. The molecule has 0 spiro atoms. The van der Waals surface area contributed by atoms with Gasteiger partial charge in [0, 0.05) is 12.5 Å². The van der Waals surface area contributed by atoms with E-state index in [-0.39, 0.29) is 11.9 Å². The lowest BCUT2D eigenvalue weighted by molar-refractivity contribution is -0.128. The first kappa shape index (κ1) is 12.4. The van der Waals surface area contributed by atoms with Gasteiger partial charge in [-0.25, -0.2) is 9.69 Å². The number of hydrogen-bond donors (Lipinski definition) is 0. The van der Waals surface area contributed by atoms with Crippen LogP contribution in [0.15, 0.2) is 0 Å². The Hall–Kier alpha value is -1.06. The van der Waals surface area contributed by atoms with Crippen molar-refractivity contribution in [3.8, 4) is 0 Å². The van der Waals surface area contributed by atoms with Crippen LogP contribution >= 0.6 is 0 Å². The molecule has 1 aliphatic heterocycles. The summed E-state index contributed by atoms with van der Waals surface area (Å²) in [6, 6.07) is 0.0890. The standard InChI is InChI=1S/C13H21NO3/c1-13(2,3)17-12(16)14-10-7-5-4-6-9(10)8-11(14)15/h9-10H,4-8H2,1-3H3/t9-,10-/m0/s1. The van der Waals surface area contributed by atoms with Crippen molar-refractivity contribution in [2.24, 2.45) is 5.92 Å². The summed E-state index contributed by atoms with van der Waals surface area (Å²) >= 11 is 0. The van der Waals surface area contributed by atoms with Gasteiger partial charge in [-0.3, -0.25) is 4.79 Å². The van der Waals surface area contributed by atoms with Gasteiger partial charge in [0.25, 0.3) is 0 Å². The summed E-state index contributed by atoms with van der Waals surface area (Å²) in [5.41, 5.74) is -0.538.